The molecule has 2 heterocycles. The van der Waals surface area contributed by atoms with Crippen molar-refractivity contribution in [3.8, 4) is 17.3 Å². The third-order valence-corrected chi connectivity index (χ3v) is 4.18. The molecule has 0 aliphatic heterocycles. The Hall–Kier alpha value is -2.74. The number of benzene rings is 1. The van der Waals surface area contributed by atoms with E-state index in [4.69, 9.17) is 0 Å². The minimum absolute atomic E-state index is 0.284. The van der Waals surface area contributed by atoms with Crippen LogP contribution in [0.5, 0.6) is 0 Å². The molecular weight excluding hydrogens is 262 g/mol. The molecule has 1 N–H and O–H groups in total. The van der Waals surface area contributed by atoms with E-state index >= 15 is 0 Å². The van der Waals surface area contributed by atoms with Crippen LogP contribution in [-0.2, 0) is 5.41 Å². The van der Waals surface area contributed by atoms with Crippen molar-refractivity contribution in [1.82, 2.24) is 20.2 Å². The summed E-state index contributed by atoms with van der Waals surface area (Å²) in [5.74, 6) is 0. The molecule has 3 aromatic rings. The second kappa shape index (κ2) is 4.13. The summed E-state index contributed by atoms with van der Waals surface area (Å²) in [7, 11) is 0. The van der Waals surface area contributed by atoms with Crippen molar-refractivity contribution >= 4 is 11.0 Å². The minimum Gasteiger partial charge on any atom is -0.280 e. The quantitative estimate of drug-likeness (QED) is 0.780. The largest absolute Gasteiger partial charge is 0.280 e. The molecule has 1 fully saturated rings. The molecule has 0 bridgehead atoms. The van der Waals surface area contributed by atoms with Gasteiger partial charge in [-0.3, -0.25) is 5.10 Å². The van der Waals surface area contributed by atoms with Gasteiger partial charge in [-0.25, -0.2) is 9.97 Å². The van der Waals surface area contributed by atoms with E-state index in [0.29, 0.717) is 5.65 Å². The molecule has 5 heteroatoms. The highest BCUT2D eigenvalue weighted by molar-refractivity contribution is 5.92. The smallest absolute Gasteiger partial charge is 0.184 e. The maximum atomic E-state index is 9.36. The SMILES string of the molecule is Cc1[nH]nc2ncnc(-c3cccc(C4(C#N)CC4)c3)c12. The van der Waals surface area contributed by atoms with Gasteiger partial charge in [0, 0.05) is 11.3 Å². The number of nitriles is 1. The molecule has 0 amide bonds. The number of rotatable bonds is 2. The molecular formula is C16H13N5. The number of nitrogens with one attached hydrogen (secondary N) is 1. The lowest BCUT2D eigenvalue weighted by molar-refractivity contribution is 0.909. The first-order valence-corrected chi connectivity index (χ1v) is 6.91. The number of hydrogen-bond acceptors (Lipinski definition) is 4. The Labute approximate surface area is 121 Å². The number of hydrogen-bond donors (Lipinski definition) is 1. The van der Waals surface area contributed by atoms with E-state index < -0.39 is 0 Å². The molecule has 0 spiro atoms. The molecule has 4 rings (SSSR count). The highest BCUT2D eigenvalue weighted by Crippen LogP contribution is 2.48. The lowest BCUT2D eigenvalue weighted by atomic mass is 9.94. The van der Waals surface area contributed by atoms with Crippen LogP contribution in [0.3, 0.4) is 0 Å². The first kappa shape index (κ1) is 12.0. The first-order valence-electron chi connectivity index (χ1n) is 6.91. The predicted molar refractivity (Wildman–Crippen MR) is 78.4 cm³/mol. The van der Waals surface area contributed by atoms with Crippen molar-refractivity contribution in [3.05, 3.63) is 41.9 Å². The number of aryl methyl sites for hydroxylation is 1. The highest BCUT2D eigenvalue weighted by atomic mass is 15.2. The van der Waals surface area contributed by atoms with E-state index in [9.17, 15) is 5.26 Å². The molecule has 1 saturated carbocycles. The third kappa shape index (κ3) is 1.73. The summed E-state index contributed by atoms with van der Waals surface area (Å²) in [5, 5.41) is 17.4. The Morgan fingerprint density at radius 1 is 1.29 bits per heavy atom. The molecule has 5 nitrogen and oxygen atoms in total. The van der Waals surface area contributed by atoms with Gasteiger partial charge in [0.15, 0.2) is 5.65 Å². The van der Waals surface area contributed by atoms with E-state index in [0.717, 1.165) is 40.7 Å². The maximum absolute atomic E-state index is 9.36. The zero-order valence-electron chi connectivity index (χ0n) is 11.6. The van der Waals surface area contributed by atoms with Crippen LogP contribution in [0.15, 0.2) is 30.6 Å². The number of aromatic nitrogens is 4. The van der Waals surface area contributed by atoms with Crippen LogP contribution in [0.25, 0.3) is 22.3 Å². The molecule has 1 aliphatic carbocycles. The van der Waals surface area contributed by atoms with E-state index in [1.54, 1.807) is 0 Å². The van der Waals surface area contributed by atoms with Crippen molar-refractivity contribution in [2.75, 3.05) is 0 Å². The van der Waals surface area contributed by atoms with Gasteiger partial charge in [0.1, 0.15) is 6.33 Å². The molecule has 0 atom stereocenters. The Kier molecular flexibility index (Phi) is 2.36. The predicted octanol–water partition coefficient (Wildman–Crippen LogP) is 2.88. The minimum atomic E-state index is -0.284. The fraction of sp³-hybridized carbons (Fsp3) is 0.250. The fourth-order valence-corrected chi connectivity index (χ4v) is 2.77. The van der Waals surface area contributed by atoms with Crippen molar-refractivity contribution in [2.45, 2.75) is 25.2 Å². The molecule has 102 valence electrons. The highest BCUT2D eigenvalue weighted by Gasteiger charge is 2.44. The fourth-order valence-electron chi connectivity index (χ4n) is 2.77. The van der Waals surface area contributed by atoms with Crippen LogP contribution in [0, 0.1) is 18.3 Å². The topological polar surface area (TPSA) is 78.2 Å². The second-order valence-corrected chi connectivity index (χ2v) is 5.54. The molecule has 1 aromatic carbocycles. The summed E-state index contributed by atoms with van der Waals surface area (Å²) in [6.07, 6.45) is 3.41. The lowest BCUT2D eigenvalue weighted by Gasteiger charge is -2.09. The maximum Gasteiger partial charge on any atom is 0.184 e. The Morgan fingerprint density at radius 3 is 2.90 bits per heavy atom. The lowest BCUT2D eigenvalue weighted by Crippen LogP contribution is -2.02. The van der Waals surface area contributed by atoms with Crippen molar-refractivity contribution in [2.24, 2.45) is 0 Å². The zero-order valence-corrected chi connectivity index (χ0v) is 11.6. The van der Waals surface area contributed by atoms with Crippen molar-refractivity contribution in [1.29, 1.82) is 5.26 Å². The molecule has 1 aliphatic rings. The van der Waals surface area contributed by atoms with Gasteiger partial charge in [-0.2, -0.15) is 10.4 Å². The summed E-state index contributed by atoms with van der Waals surface area (Å²) in [5.41, 5.74) is 4.29. The van der Waals surface area contributed by atoms with E-state index in [2.05, 4.69) is 32.3 Å². The van der Waals surface area contributed by atoms with E-state index in [-0.39, 0.29) is 5.41 Å². The van der Waals surface area contributed by atoms with Crippen LogP contribution in [0.4, 0.5) is 0 Å². The summed E-state index contributed by atoms with van der Waals surface area (Å²) < 4.78 is 0. The Balaban J connectivity index is 1.92. The normalized spacial score (nSPS) is 15.8. The summed E-state index contributed by atoms with van der Waals surface area (Å²) in [6, 6.07) is 10.6. The van der Waals surface area contributed by atoms with Crippen LogP contribution >= 0.6 is 0 Å². The average molecular weight is 275 g/mol. The average Bonchev–Trinajstić information content (AvgIpc) is 3.25. The van der Waals surface area contributed by atoms with Gasteiger partial charge in [0.05, 0.1) is 22.6 Å². The number of fused-ring (bicyclic) bond motifs is 1. The van der Waals surface area contributed by atoms with Gasteiger partial charge in [-0.05, 0) is 31.4 Å². The summed E-state index contributed by atoms with van der Waals surface area (Å²) >= 11 is 0. The van der Waals surface area contributed by atoms with Gasteiger partial charge in [-0.15, -0.1) is 0 Å². The Bertz CT molecular complexity index is 883. The molecule has 0 saturated heterocycles. The van der Waals surface area contributed by atoms with Gasteiger partial charge >= 0.3 is 0 Å². The molecule has 0 radical (unpaired) electrons. The molecule has 21 heavy (non-hydrogen) atoms. The summed E-state index contributed by atoms with van der Waals surface area (Å²) in [6.45, 7) is 1.96. The van der Waals surface area contributed by atoms with Gasteiger partial charge in [0.2, 0.25) is 0 Å². The number of aromatic amines is 1. The third-order valence-electron chi connectivity index (χ3n) is 4.18. The Morgan fingerprint density at radius 2 is 2.14 bits per heavy atom. The van der Waals surface area contributed by atoms with Crippen molar-refractivity contribution < 1.29 is 0 Å². The number of H-pyrrole nitrogens is 1. The zero-order chi connectivity index (χ0) is 14.4. The van der Waals surface area contributed by atoms with Gasteiger partial charge < -0.3 is 0 Å². The van der Waals surface area contributed by atoms with Crippen LogP contribution in [-0.4, -0.2) is 20.2 Å². The molecule has 0 unspecified atom stereocenters. The van der Waals surface area contributed by atoms with E-state index in [1.165, 1.54) is 6.33 Å². The van der Waals surface area contributed by atoms with Crippen molar-refractivity contribution in [3.63, 3.8) is 0 Å². The standard InChI is InChI=1S/C16H13N5/c1-10-13-14(18-9-19-15(13)21-20-10)11-3-2-4-12(7-11)16(8-17)5-6-16/h2-4,7,9H,5-6H2,1H3,(H,18,19,20,21). The van der Waals surface area contributed by atoms with E-state index in [1.807, 2.05) is 25.1 Å². The summed E-state index contributed by atoms with van der Waals surface area (Å²) in [4.78, 5) is 8.61. The first-order chi connectivity index (χ1) is 10.2. The van der Waals surface area contributed by atoms with Crippen LogP contribution in [0.2, 0.25) is 0 Å². The van der Waals surface area contributed by atoms with Crippen LogP contribution < -0.4 is 0 Å². The van der Waals surface area contributed by atoms with Crippen LogP contribution in [0.1, 0.15) is 24.1 Å². The second-order valence-electron chi connectivity index (χ2n) is 5.54. The van der Waals surface area contributed by atoms with Gasteiger partial charge in [-0.1, -0.05) is 18.2 Å². The van der Waals surface area contributed by atoms with Gasteiger partial charge in [0.25, 0.3) is 0 Å². The number of nitrogens with zero attached hydrogens (tertiary/aromatic N) is 4. The monoisotopic (exact) mass is 275 g/mol. The molecule has 2 aromatic heterocycles.